The van der Waals surface area contributed by atoms with Gasteiger partial charge in [0.2, 0.25) is 0 Å². The second-order valence-corrected chi connectivity index (χ2v) is 7.36. The summed E-state index contributed by atoms with van der Waals surface area (Å²) in [5, 5.41) is 3.54. The van der Waals surface area contributed by atoms with Gasteiger partial charge in [0, 0.05) is 33.3 Å². The van der Waals surface area contributed by atoms with Gasteiger partial charge in [-0.15, -0.1) is 0 Å². The molecule has 1 unspecified atom stereocenters. The van der Waals surface area contributed by atoms with E-state index in [9.17, 15) is 0 Å². The minimum atomic E-state index is 0.557. The number of nitrogens with zero attached hydrogens (tertiary/aromatic N) is 2. The lowest BCUT2D eigenvalue weighted by molar-refractivity contribution is 0.0264. The predicted molar refractivity (Wildman–Crippen MR) is 98.0 cm³/mol. The van der Waals surface area contributed by atoms with Crippen molar-refractivity contribution in [2.45, 2.75) is 77.2 Å². The van der Waals surface area contributed by atoms with E-state index in [2.05, 4.69) is 22.1 Å². The molecular weight excluding hydrogens is 286 g/mol. The number of rotatable bonds is 7. The number of hydrogen-bond donors (Lipinski definition) is 1. The fourth-order valence-electron chi connectivity index (χ4n) is 3.80. The van der Waals surface area contributed by atoms with Crippen LogP contribution in [0.15, 0.2) is 4.99 Å². The molecule has 0 radical (unpaired) electrons. The van der Waals surface area contributed by atoms with Gasteiger partial charge >= 0.3 is 0 Å². The van der Waals surface area contributed by atoms with E-state index in [1.54, 1.807) is 0 Å². The van der Waals surface area contributed by atoms with Crippen LogP contribution in [0.1, 0.15) is 71.1 Å². The summed E-state index contributed by atoms with van der Waals surface area (Å²) in [5.74, 6) is 1.88. The highest BCUT2D eigenvalue weighted by molar-refractivity contribution is 5.79. The van der Waals surface area contributed by atoms with Crippen LogP contribution in [-0.4, -0.2) is 50.3 Å². The van der Waals surface area contributed by atoms with Crippen LogP contribution in [0.2, 0.25) is 0 Å². The van der Waals surface area contributed by atoms with E-state index in [0.717, 1.165) is 38.1 Å². The van der Waals surface area contributed by atoms with Gasteiger partial charge in [-0.3, -0.25) is 4.99 Å². The number of ether oxygens (including phenoxy) is 1. The molecule has 0 aromatic heterocycles. The fraction of sp³-hybridized carbons (Fsp3) is 0.947. The third-order valence-corrected chi connectivity index (χ3v) is 5.18. The Morgan fingerprint density at radius 2 is 1.91 bits per heavy atom. The molecular formula is C19H37N3O. The summed E-state index contributed by atoms with van der Waals surface area (Å²) in [4.78, 5) is 6.87. The van der Waals surface area contributed by atoms with Crippen molar-refractivity contribution in [1.29, 1.82) is 0 Å². The fourth-order valence-corrected chi connectivity index (χ4v) is 3.80. The van der Waals surface area contributed by atoms with Gasteiger partial charge in [0.05, 0.1) is 6.10 Å². The summed E-state index contributed by atoms with van der Waals surface area (Å²) in [6, 6.07) is 0. The molecule has 0 aromatic rings. The highest BCUT2D eigenvalue weighted by Crippen LogP contribution is 2.20. The Bertz CT molecular complexity index is 340. The third-order valence-electron chi connectivity index (χ3n) is 5.18. The molecule has 4 nitrogen and oxygen atoms in total. The smallest absolute Gasteiger partial charge is 0.193 e. The first-order valence-corrected chi connectivity index (χ1v) is 9.87. The molecule has 1 saturated carbocycles. The van der Waals surface area contributed by atoms with Crippen LogP contribution >= 0.6 is 0 Å². The number of aliphatic imine (C=N–C) groups is 1. The van der Waals surface area contributed by atoms with Crippen LogP contribution in [0, 0.1) is 5.92 Å². The zero-order valence-electron chi connectivity index (χ0n) is 15.4. The van der Waals surface area contributed by atoms with Gasteiger partial charge < -0.3 is 15.0 Å². The number of likely N-dealkylation sites (tertiary alicyclic amines) is 1. The maximum absolute atomic E-state index is 5.99. The van der Waals surface area contributed by atoms with Gasteiger partial charge in [-0.05, 0) is 50.9 Å². The molecule has 0 bridgehead atoms. The molecule has 2 fully saturated rings. The molecule has 2 aliphatic rings. The van der Waals surface area contributed by atoms with Gasteiger partial charge in [-0.2, -0.15) is 0 Å². The van der Waals surface area contributed by atoms with E-state index in [-0.39, 0.29) is 0 Å². The monoisotopic (exact) mass is 323 g/mol. The highest BCUT2D eigenvalue weighted by Gasteiger charge is 2.18. The quantitative estimate of drug-likeness (QED) is 0.440. The topological polar surface area (TPSA) is 36.9 Å². The molecule has 1 aliphatic carbocycles. The lowest BCUT2D eigenvalue weighted by Gasteiger charge is -2.33. The minimum Gasteiger partial charge on any atom is -0.378 e. The van der Waals surface area contributed by atoms with Gasteiger partial charge in [-0.25, -0.2) is 0 Å². The van der Waals surface area contributed by atoms with Crippen LogP contribution in [0.5, 0.6) is 0 Å². The van der Waals surface area contributed by atoms with Crippen LogP contribution < -0.4 is 5.32 Å². The Hall–Kier alpha value is -0.770. The van der Waals surface area contributed by atoms with Crippen molar-refractivity contribution in [3.05, 3.63) is 0 Å². The molecule has 1 atom stereocenters. The lowest BCUT2D eigenvalue weighted by atomic mass is 9.98. The second kappa shape index (κ2) is 10.9. The number of guanidine groups is 1. The summed E-state index contributed by atoms with van der Waals surface area (Å²) >= 11 is 0. The van der Waals surface area contributed by atoms with Crippen molar-refractivity contribution >= 4 is 5.96 Å². The summed E-state index contributed by atoms with van der Waals surface area (Å²) in [7, 11) is 1.90. The number of piperidine rings is 1. The lowest BCUT2D eigenvalue weighted by Crippen LogP contribution is -2.46. The average molecular weight is 324 g/mol. The van der Waals surface area contributed by atoms with E-state index in [0.29, 0.717) is 6.10 Å². The van der Waals surface area contributed by atoms with Crippen LogP contribution in [0.25, 0.3) is 0 Å². The third kappa shape index (κ3) is 7.11. The van der Waals surface area contributed by atoms with Gasteiger partial charge in [0.1, 0.15) is 0 Å². The largest absolute Gasteiger partial charge is 0.378 e. The first-order valence-electron chi connectivity index (χ1n) is 9.87. The SMILES string of the molecule is CN=C(NCCCCCOC1CCCCC1)N1CCCC(C)C1. The van der Waals surface area contributed by atoms with E-state index in [1.807, 2.05) is 7.05 Å². The highest BCUT2D eigenvalue weighted by atomic mass is 16.5. The zero-order valence-corrected chi connectivity index (χ0v) is 15.4. The Morgan fingerprint density at radius 1 is 1.09 bits per heavy atom. The van der Waals surface area contributed by atoms with Crippen molar-refractivity contribution in [2.75, 3.05) is 33.3 Å². The molecule has 4 heteroatoms. The average Bonchev–Trinajstić information content (AvgIpc) is 2.58. The Balaban J connectivity index is 1.48. The van der Waals surface area contributed by atoms with E-state index in [1.165, 1.54) is 64.2 Å². The van der Waals surface area contributed by atoms with Crippen molar-refractivity contribution in [1.82, 2.24) is 10.2 Å². The number of nitrogens with one attached hydrogen (secondary N) is 1. The maximum Gasteiger partial charge on any atom is 0.193 e. The van der Waals surface area contributed by atoms with Crippen molar-refractivity contribution < 1.29 is 4.74 Å². The minimum absolute atomic E-state index is 0.557. The predicted octanol–water partition coefficient (Wildman–Crippen LogP) is 3.81. The molecule has 1 N–H and O–H groups in total. The number of unbranched alkanes of at least 4 members (excludes halogenated alkanes) is 2. The van der Waals surface area contributed by atoms with E-state index in [4.69, 9.17) is 4.74 Å². The first kappa shape index (κ1) is 18.6. The molecule has 0 aromatic carbocycles. The van der Waals surface area contributed by atoms with Gasteiger partial charge in [-0.1, -0.05) is 26.2 Å². The summed E-state index contributed by atoms with van der Waals surface area (Å²) in [6.07, 6.45) is 13.5. The van der Waals surface area contributed by atoms with Crippen LogP contribution in [-0.2, 0) is 4.74 Å². The van der Waals surface area contributed by atoms with E-state index >= 15 is 0 Å². The Labute approximate surface area is 143 Å². The summed E-state index contributed by atoms with van der Waals surface area (Å²) in [5.41, 5.74) is 0. The van der Waals surface area contributed by atoms with Gasteiger partial charge in [0.15, 0.2) is 5.96 Å². The number of hydrogen-bond acceptors (Lipinski definition) is 2. The maximum atomic E-state index is 5.99. The second-order valence-electron chi connectivity index (χ2n) is 7.36. The molecule has 1 aliphatic heterocycles. The van der Waals surface area contributed by atoms with Crippen molar-refractivity contribution in [3.8, 4) is 0 Å². The summed E-state index contributed by atoms with van der Waals surface area (Å²) in [6.45, 7) is 6.61. The summed E-state index contributed by atoms with van der Waals surface area (Å²) < 4.78 is 5.99. The zero-order chi connectivity index (χ0) is 16.3. The molecule has 0 spiro atoms. The Morgan fingerprint density at radius 3 is 2.65 bits per heavy atom. The van der Waals surface area contributed by atoms with Crippen molar-refractivity contribution in [2.24, 2.45) is 10.9 Å². The molecule has 134 valence electrons. The normalized spacial score (nSPS) is 24.0. The molecule has 1 heterocycles. The molecule has 0 amide bonds. The molecule has 1 saturated heterocycles. The molecule has 23 heavy (non-hydrogen) atoms. The molecule has 2 rings (SSSR count). The van der Waals surface area contributed by atoms with Gasteiger partial charge in [0.25, 0.3) is 0 Å². The van der Waals surface area contributed by atoms with Crippen LogP contribution in [0.3, 0.4) is 0 Å². The standard InChI is InChI=1S/C19H37N3O/c1-17-10-9-14-22(16-17)19(20-2)21-13-7-4-8-15-23-18-11-5-3-6-12-18/h17-18H,3-16H2,1-2H3,(H,20,21). The Kier molecular flexibility index (Phi) is 8.80. The first-order chi connectivity index (χ1) is 11.3. The van der Waals surface area contributed by atoms with E-state index < -0.39 is 0 Å². The van der Waals surface area contributed by atoms with Crippen LogP contribution in [0.4, 0.5) is 0 Å². The van der Waals surface area contributed by atoms with Crippen molar-refractivity contribution in [3.63, 3.8) is 0 Å².